The van der Waals surface area contributed by atoms with Crippen LogP contribution < -0.4 is 36.6 Å². The molecule has 0 fully saturated rings. The molecule has 0 saturated heterocycles. The van der Waals surface area contributed by atoms with Crippen LogP contribution >= 0.6 is 15.9 Å². The van der Waals surface area contributed by atoms with Crippen LogP contribution in [0, 0.1) is 12.7 Å². The van der Waals surface area contributed by atoms with Gasteiger partial charge in [-0.2, -0.15) is 0 Å². The number of aromatic hydroxyl groups is 1. The highest BCUT2D eigenvalue weighted by Crippen LogP contribution is 2.43. The van der Waals surface area contributed by atoms with Gasteiger partial charge >= 0.3 is 0 Å². The van der Waals surface area contributed by atoms with Gasteiger partial charge in [-0.3, -0.25) is 33.8 Å². The monoisotopic (exact) mass is 1850 g/mol. The van der Waals surface area contributed by atoms with Crippen molar-refractivity contribution < 1.29 is 43.0 Å². The second-order valence-corrected chi connectivity index (χ2v) is 34.4. The maximum atomic E-state index is 13.4. The Hall–Kier alpha value is -15.7. The van der Waals surface area contributed by atoms with Crippen molar-refractivity contribution in [3.8, 4) is 33.8 Å². The number of benzene rings is 13. The van der Waals surface area contributed by atoms with Gasteiger partial charge in [-0.15, -0.1) is 0 Å². The second kappa shape index (κ2) is 44.0. The maximum absolute atomic E-state index is 13.4. The van der Waals surface area contributed by atoms with E-state index in [0.717, 1.165) is 185 Å². The highest BCUT2D eigenvalue weighted by atomic mass is 79.9. The average Bonchev–Trinajstić information content (AvgIpc) is 1.68. The summed E-state index contributed by atoms with van der Waals surface area (Å²) < 4.78 is 19.5. The molecule has 7 heterocycles. The molecule has 0 atom stereocenters. The number of phenols is 1. The summed E-state index contributed by atoms with van der Waals surface area (Å²) in [5, 5.41) is 26.8. The topological polar surface area (TPSA) is 217 Å². The summed E-state index contributed by atoms with van der Waals surface area (Å²) >= 11 is 3.46. The first kappa shape index (κ1) is 93.9. The number of carbonyl (C=O) groups is 6. The predicted octanol–water partition coefficient (Wildman–Crippen LogP) is 27.3. The zero-order valence-corrected chi connectivity index (χ0v) is 78.3. The third-order valence-electron chi connectivity index (χ3n) is 23.9. The summed E-state index contributed by atoms with van der Waals surface area (Å²) in [4.78, 5) is 77.5. The quantitative estimate of drug-likeness (QED) is 0.0406. The zero-order chi connectivity index (χ0) is 94.6. The van der Waals surface area contributed by atoms with Crippen LogP contribution in [0.3, 0.4) is 0 Å². The lowest BCUT2D eigenvalue weighted by Gasteiger charge is -2.07. The number of rotatable bonds is 18. The number of aryl methyl sites for hydroxylation is 7. The molecule has 135 heavy (non-hydrogen) atoms. The Morgan fingerprint density at radius 2 is 0.726 bits per heavy atom. The summed E-state index contributed by atoms with van der Waals surface area (Å²) in [6.07, 6.45) is 24.6. The van der Waals surface area contributed by atoms with E-state index in [1.54, 1.807) is 43.6 Å². The summed E-state index contributed by atoms with van der Waals surface area (Å²) in [5.41, 5.74) is 33.5. The highest BCUT2D eigenvalue weighted by molar-refractivity contribution is 9.10. The number of nitrogens with one attached hydrogen (secondary N) is 6. The lowest BCUT2D eigenvalue weighted by molar-refractivity contribution is -0.111. The van der Waals surface area contributed by atoms with Gasteiger partial charge in [-0.1, -0.05) is 277 Å². The molecule has 0 aliphatic carbocycles. The molecule has 0 bridgehead atoms. The molecule has 0 radical (unpaired) electrons. The summed E-state index contributed by atoms with van der Waals surface area (Å²) in [5.74, 6) is 0.0350. The van der Waals surface area contributed by atoms with E-state index >= 15 is 0 Å². The number of carbonyl (C=O) groups excluding carboxylic acids is 6. The standard InChI is InChI=1S/C25H23NO.C22H18N2O.C18H16BrNO.2C18H17NO2.C17H14FNO/c1-3-7-20-14-18(11-10-17(20)2)15-23-22-13-12-21(16-24(22)26-25(23)27)19-8-5-4-6-9-19;1-2-15-5-7-16(8-6-15)12-20-19-10-9-17(13-21(19)24-22(20)25)18-4-3-11-23-14-18;1-2-4-12-5-3-6-13(9-12)10-16-15-11-14(19)7-8-17(15)20-18(16)21;1-3-12-4-6-13(7-5-12)10-16-15-9-8-14(21-2)11-17(15)19-18(16)20;1-2-4-12-5-3-6-13(9-12)10-16-15-8-7-14(20)11-17(15)19-18(16)21;1-2-11-4-3-5-12(8-11)9-15-14-10-13(18)6-7-16(14)19-17(15)20/h4-6,8-16H,3,7H2,1-2H3,(H,26,27);3-14H,2H2,1H3,(H,24,25);3,5-11H,2,4H2,1H3,(H,20,21);4-11H,3H2,1-2H3,(H,19,20);3,5-11,20H,2,4H2,1H3,(H,19,21);3-10H,2H2,1H3,(H,19,20). The zero-order valence-electron chi connectivity index (χ0n) is 76.7. The fourth-order valence-electron chi connectivity index (χ4n) is 16.8. The lowest BCUT2D eigenvalue weighted by atomic mass is 9.97. The Bertz CT molecular complexity index is 7050. The summed E-state index contributed by atoms with van der Waals surface area (Å²) in [6, 6.07) is 94.7. The van der Waals surface area contributed by atoms with Gasteiger partial charge in [0.2, 0.25) is 0 Å². The largest absolute Gasteiger partial charge is 0.508 e. The second-order valence-electron chi connectivity index (χ2n) is 33.4. The van der Waals surface area contributed by atoms with Crippen LogP contribution in [0.5, 0.6) is 11.5 Å². The van der Waals surface area contributed by atoms with E-state index < -0.39 is 0 Å². The molecular formula is C118H105BrFN7O8. The molecular weight excluding hydrogens is 1740 g/mol. The van der Waals surface area contributed by atoms with Crippen LogP contribution in [0.1, 0.15) is 167 Å². The number of phenolic OH excluding ortho intramolecular Hbond substituents is 1. The molecule has 15 nitrogen and oxygen atoms in total. The number of aromatic nitrogens is 1. The van der Waals surface area contributed by atoms with Gasteiger partial charge in [-0.25, -0.2) is 4.39 Å². The first-order valence-electron chi connectivity index (χ1n) is 45.7. The molecule has 674 valence electrons. The van der Waals surface area contributed by atoms with Gasteiger partial charge in [0.25, 0.3) is 35.4 Å². The molecule has 6 amide bonds. The normalized spacial score (nSPS) is 14.8. The van der Waals surface area contributed by atoms with Gasteiger partial charge in [0.05, 0.1) is 18.5 Å². The van der Waals surface area contributed by atoms with Crippen molar-refractivity contribution in [1.82, 2.24) is 4.98 Å². The van der Waals surface area contributed by atoms with Gasteiger partial charge in [-0.05, 0) is 250 Å². The smallest absolute Gasteiger partial charge is 0.256 e. The number of hydrogen-bond donors (Lipinski definition) is 7. The minimum atomic E-state index is -0.339. The van der Waals surface area contributed by atoms with Gasteiger partial charge in [0, 0.05) is 124 Å². The molecule has 6 aliphatic rings. The molecule has 1 aromatic heterocycles. The predicted molar refractivity (Wildman–Crippen MR) is 556 cm³/mol. The van der Waals surface area contributed by atoms with E-state index in [-0.39, 0.29) is 47.0 Å². The number of amides is 6. The number of ether oxygens (including phenoxy) is 1. The fourth-order valence-corrected chi connectivity index (χ4v) is 17.1. The maximum Gasteiger partial charge on any atom is 0.256 e. The third kappa shape index (κ3) is 23.2. The minimum absolute atomic E-state index is 0.0344. The van der Waals surface area contributed by atoms with Crippen molar-refractivity contribution in [3.63, 3.8) is 0 Å². The number of hydrogen-bond acceptors (Lipinski definition) is 9. The van der Waals surface area contributed by atoms with E-state index in [0.29, 0.717) is 39.2 Å². The molecule has 13 aromatic carbocycles. The number of anilines is 6. The highest BCUT2D eigenvalue weighted by Gasteiger charge is 2.31. The Morgan fingerprint density at radius 1 is 0.326 bits per heavy atom. The van der Waals surface area contributed by atoms with E-state index in [2.05, 4.69) is 204 Å². The van der Waals surface area contributed by atoms with E-state index in [1.165, 1.54) is 51.1 Å². The van der Waals surface area contributed by atoms with Gasteiger partial charge in [0.15, 0.2) is 0 Å². The van der Waals surface area contributed by atoms with E-state index in [4.69, 9.17) is 4.74 Å². The van der Waals surface area contributed by atoms with Crippen LogP contribution in [-0.4, -0.2) is 52.6 Å². The number of fused-ring (bicyclic) bond motifs is 6. The molecule has 0 spiro atoms. The number of nitrogens with zero attached hydrogens (tertiary/aromatic N) is 1. The van der Waals surface area contributed by atoms with Crippen molar-refractivity contribution in [1.29, 1.82) is 0 Å². The van der Waals surface area contributed by atoms with Crippen LogP contribution in [0.4, 0.5) is 38.5 Å². The van der Waals surface area contributed by atoms with Crippen molar-refractivity contribution in [2.45, 2.75) is 106 Å². The molecule has 0 saturated carbocycles. The molecule has 20 rings (SSSR count). The van der Waals surface area contributed by atoms with E-state index in [1.807, 2.05) is 188 Å². The van der Waals surface area contributed by atoms with Gasteiger partial charge in [0.1, 0.15) is 17.3 Å². The van der Waals surface area contributed by atoms with E-state index in [9.17, 15) is 38.3 Å². The van der Waals surface area contributed by atoms with Crippen molar-refractivity contribution in [3.05, 3.63) is 420 Å². The SMILES string of the molecule is CCCc1cc(C=C2C(=O)Nc3cc(-c4ccccc4)ccc32)ccc1C.CCCc1cccc(C=C2C(=O)Nc3cc(O)ccc32)c1.CCCc1cccc(C=C2C(=O)Nc3ccc(Br)cc32)c1.CCc1ccc(C=C2C(=O)Nc3cc(-c4cccnc4)ccc32)cc1.CCc1ccc(C=C2C(=O)Nc3cc(OC)ccc32)cc1.CCc1cccc(C=C2C(=O)Nc3ccc(F)cc32)c1. The number of methoxy groups -OCH3 is 1. The molecule has 7 N–H and O–H groups in total. The van der Waals surface area contributed by atoms with Crippen molar-refractivity contribution in [2.75, 3.05) is 39.0 Å². The molecule has 6 aliphatic heterocycles. The number of halogens is 2. The Labute approximate surface area is 796 Å². The van der Waals surface area contributed by atoms with Crippen LogP contribution in [0.2, 0.25) is 0 Å². The van der Waals surface area contributed by atoms with Crippen molar-refractivity contribution >= 4 is 155 Å². The third-order valence-corrected chi connectivity index (χ3v) is 24.4. The molecule has 0 unspecified atom stereocenters. The molecule has 17 heteroatoms. The minimum Gasteiger partial charge on any atom is -0.508 e. The molecule has 14 aromatic rings. The Kier molecular flexibility index (Phi) is 30.6. The van der Waals surface area contributed by atoms with Crippen LogP contribution in [0.15, 0.2) is 308 Å². The van der Waals surface area contributed by atoms with Gasteiger partial charge < -0.3 is 41.7 Å². The van der Waals surface area contributed by atoms with Crippen molar-refractivity contribution in [2.24, 2.45) is 0 Å². The lowest BCUT2D eigenvalue weighted by Crippen LogP contribution is -2.03. The first-order chi connectivity index (χ1) is 65.6. The average molecular weight is 1850 g/mol. The Morgan fingerprint density at radius 3 is 1.20 bits per heavy atom. The summed E-state index contributed by atoms with van der Waals surface area (Å²) in [6.45, 7) is 15.0. The first-order valence-corrected chi connectivity index (χ1v) is 46.5. The van der Waals surface area contributed by atoms with Crippen LogP contribution in [0.25, 0.3) is 92.1 Å². The van der Waals surface area contributed by atoms with Crippen LogP contribution in [-0.2, 0) is 67.3 Å². The number of pyridine rings is 1. The Balaban J connectivity index is 0.000000124. The summed E-state index contributed by atoms with van der Waals surface area (Å²) in [7, 11) is 1.62. The fraction of sp³-hybridized carbons (Fsp3) is 0.144.